The van der Waals surface area contributed by atoms with E-state index in [1.807, 2.05) is 36.4 Å². The largest absolute Gasteiger partial charge is 0.440 e. The van der Waals surface area contributed by atoms with Crippen molar-refractivity contribution in [2.45, 2.75) is 59.3 Å². The lowest BCUT2D eigenvalue weighted by Crippen LogP contribution is -2.09. The lowest BCUT2D eigenvalue weighted by Gasteiger charge is -2.24. The molecule has 2 aromatic heterocycles. The van der Waals surface area contributed by atoms with Gasteiger partial charge in [-0.15, -0.1) is 0 Å². The summed E-state index contributed by atoms with van der Waals surface area (Å²) >= 11 is 0. The molecule has 0 aliphatic heterocycles. The number of rotatable bonds is 7. The van der Waals surface area contributed by atoms with Gasteiger partial charge in [-0.05, 0) is 93.7 Å². The molecule has 0 spiro atoms. The predicted molar refractivity (Wildman–Crippen MR) is 192 cm³/mol. The fraction of sp³-hybridized carbons (Fsp3) is 0.214. The lowest BCUT2D eigenvalue weighted by molar-refractivity contribution is 0.501. The molecule has 7 rings (SSSR count). The van der Waals surface area contributed by atoms with Gasteiger partial charge in [-0.3, -0.25) is 4.57 Å². The van der Waals surface area contributed by atoms with E-state index in [1.165, 1.54) is 33.4 Å². The molecule has 47 heavy (non-hydrogen) atoms. The van der Waals surface area contributed by atoms with Gasteiger partial charge in [0.2, 0.25) is 0 Å². The van der Waals surface area contributed by atoms with Crippen molar-refractivity contribution >= 4 is 22.1 Å². The number of nitriles is 1. The van der Waals surface area contributed by atoms with Crippen molar-refractivity contribution in [3.63, 3.8) is 0 Å². The highest BCUT2D eigenvalue weighted by molar-refractivity contribution is 5.88. The molecule has 5 aromatic carbocycles. The van der Waals surface area contributed by atoms with E-state index in [9.17, 15) is 5.26 Å². The van der Waals surface area contributed by atoms with Crippen LogP contribution in [-0.4, -0.2) is 14.5 Å². The Bertz CT molecular complexity index is 2250. The molecular formula is C42H38N4O. The Kier molecular flexibility index (Phi) is 7.74. The predicted octanol–water partition coefficient (Wildman–Crippen LogP) is 11.4. The molecule has 0 atom stereocenters. The maximum absolute atomic E-state index is 9.89. The molecule has 0 N–H and O–H groups in total. The summed E-state index contributed by atoms with van der Waals surface area (Å²) in [5, 5.41) is 9.89. The van der Waals surface area contributed by atoms with Gasteiger partial charge in [-0.1, -0.05) is 96.1 Å². The number of oxazole rings is 1. The van der Waals surface area contributed by atoms with Crippen molar-refractivity contribution in [2.24, 2.45) is 0 Å². The maximum Gasteiger partial charge on any atom is 0.198 e. The van der Waals surface area contributed by atoms with Crippen molar-refractivity contribution in [2.75, 3.05) is 0 Å². The summed E-state index contributed by atoms with van der Waals surface area (Å²) in [5.41, 5.74) is 13.2. The maximum atomic E-state index is 9.89. The minimum Gasteiger partial charge on any atom is -0.440 e. The summed E-state index contributed by atoms with van der Waals surface area (Å²) in [6.07, 6.45) is 0. The van der Waals surface area contributed by atoms with Gasteiger partial charge in [0.15, 0.2) is 11.5 Å². The number of hydrogen-bond donors (Lipinski definition) is 0. The number of fused-ring (bicyclic) bond motifs is 2. The van der Waals surface area contributed by atoms with Crippen LogP contribution in [0.25, 0.3) is 61.5 Å². The molecule has 5 heteroatoms. The standard InChI is InChI=1S/C42H38N4O/c1-25(2)34-21-33(31-15-13-30(14-16-31)29-10-8-7-9-11-29)22-35(26(3)4)40(34)46-38-20-28(24-43)12-18-36(38)44-41(46)32-17-19-37-39(23-32)47-42(45-37)27(5)6/h7-23,25-27H,1-6H3. The normalized spacial score (nSPS) is 11.7. The highest BCUT2D eigenvalue weighted by atomic mass is 16.3. The van der Waals surface area contributed by atoms with Crippen molar-refractivity contribution in [3.05, 3.63) is 126 Å². The molecule has 7 aromatic rings. The van der Waals surface area contributed by atoms with E-state index >= 15 is 0 Å². The summed E-state index contributed by atoms with van der Waals surface area (Å²) in [4.78, 5) is 9.89. The molecule has 232 valence electrons. The smallest absolute Gasteiger partial charge is 0.198 e. The second kappa shape index (κ2) is 12.0. The Morgan fingerprint density at radius 1 is 0.596 bits per heavy atom. The quantitative estimate of drug-likeness (QED) is 0.179. The van der Waals surface area contributed by atoms with Crippen LogP contribution in [0.4, 0.5) is 0 Å². The summed E-state index contributed by atoms with van der Waals surface area (Å²) < 4.78 is 8.45. The fourth-order valence-corrected chi connectivity index (χ4v) is 6.36. The third-order valence-corrected chi connectivity index (χ3v) is 8.90. The van der Waals surface area contributed by atoms with E-state index in [-0.39, 0.29) is 17.8 Å². The Morgan fingerprint density at radius 2 is 1.19 bits per heavy atom. The van der Waals surface area contributed by atoms with Gasteiger partial charge in [-0.2, -0.15) is 5.26 Å². The van der Waals surface area contributed by atoms with E-state index in [4.69, 9.17) is 14.4 Å². The third-order valence-electron chi connectivity index (χ3n) is 8.90. The molecule has 0 saturated carbocycles. The van der Waals surface area contributed by atoms with Gasteiger partial charge < -0.3 is 4.42 Å². The summed E-state index contributed by atoms with van der Waals surface area (Å²) in [6, 6.07) is 38.2. The third kappa shape index (κ3) is 5.51. The number of hydrogen-bond acceptors (Lipinski definition) is 4. The van der Waals surface area contributed by atoms with Crippen molar-refractivity contribution in [1.82, 2.24) is 14.5 Å². The average Bonchev–Trinajstić information content (AvgIpc) is 3.69. The number of aromatic nitrogens is 3. The second-order valence-electron chi connectivity index (χ2n) is 13.2. The zero-order chi connectivity index (χ0) is 32.8. The van der Waals surface area contributed by atoms with Crippen LogP contribution >= 0.6 is 0 Å². The molecule has 0 fully saturated rings. The molecule has 2 heterocycles. The number of benzene rings is 5. The van der Waals surface area contributed by atoms with Crippen LogP contribution in [-0.2, 0) is 0 Å². The van der Waals surface area contributed by atoms with E-state index in [1.54, 1.807) is 0 Å². The topological polar surface area (TPSA) is 67.6 Å². The van der Waals surface area contributed by atoms with Gasteiger partial charge in [0, 0.05) is 11.5 Å². The van der Waals surface area contributed by atoms with Gasteiger partial charge in [-0.25, -0.2) is 9.97 Å². The number of nitrogens with zero attached hydrogens (tertiary/aromatic N) is 4. The van der Waals surface area contributed by atoms with Crippen LogP contribution in [0.1, 0.15) is 81.9 Å². The Hall–Kier alpha value is -5.47. The first-order valence-electron chi connectivity index (χ1n) is 16.4. The van der Waals surface area contributed by atoms with Crippen LogP contribution in [0.3, 0.4) is 0 Å². The monoisotopic (exact) mass is 614 g/mol. The van der Waals surface area contributed by atoms with Gasteiger partial charge in [0.05, 0.1) is 28.4 Å². The van der Waals surface area contributed by atoms with E-state index in [0.717, 1.165) is 45.1 Å². The molecule has 0 aliphatic carbocycles. The second-order valence-corrected chi connectivity index (χ2v) is 13.2. The van der Waals surface area contributed by atoms with Crippen LogP contribution in [0.5, 0.6) is 0 Å². The van der Waals surface area contributed by atoms with Crippen LogP contribution < -0.4 is 0 Å². The van der Waals surface area contributed by atoms with E-state index in [2.05, 4.69) is 119 Å². The van der Waals surface area contributed by atoms with Crippen LogP contribution in [0.2, 0.25) is 0 Å². The first kappa shape index (κ1) is 30.2. The van der Waals surface area contributed by atoms with Crippen molar-refractivity contribution in [1.29, 1.82) is 5.26 Å². The zero-order valence-corrected chi connectivity index (χ0v) is 27.7. The molecule has 0 amide bonds. The molecular weight excluding hydrogens is 576 g/mol. The van der Waals surface area contributed by atoms with Crippen molar-refractivity contribution < 1.29 is 4.42 Å². The molecule has 0 unspecified atom stereocenters. The van der Waals surface area contributed by atoms with Crippen LogP contribution in [0.15, 0.2) is 108 Å². The van der Waals surface area contributed by atoms with Gasteiger partial charge in [0.25, 0.3) is 0 Å². The SMILES string of the molecule is CC(C)c1nc2ccc(-c3nc4ccc(C#N)cc4n3-c3c(C(C)C)cc(-c4ccc(-c5ccccc5)cc4)cc3C(C)C)cc2o1. The summed E-state index contributed by atoms with van der Waals surface area (Å²) in [7, 11) is 0. The molecule has 0 saturated heterocycles. The molecule has 5 nitrogen and oxygen atoms in total. The molecule has 0 aliphatic rings. The number of imidazole rings is 1. The Morgan fingerprint density at radius 3 is 1.81 bits per heavy atom. The minimum absolute atomic E-state index is 0.190. The Balaban J connectivity index is 1.47. The van der Waals surface area contributed by atoms with E-state index < -0.39 is 0 Å². The van der Waals surface area contributed by atoms with Gasteiger partial charge >= 0.3 is 0 Å². The summed E-state index contributed by atoms with van der Waals surface area (Å²) in [5.74, 6) is 2.17. The summed E-state index contributed by atoms with van der Waals surface area (Å²) in [6.45, 7) is 13.2. The van der Waals surface area contributed by atoms with E-state index in [0.29, 0.717) is 5.56 Å². The average molecular weight is 615 g/mol. The van der Waals surface area contributed by atoms with Crippen molar-refractivity contribution in [3.8, 4) is 45.4 Å². The zero-order valence-electron chi connectivity index (χ0n) is 27.7. The molecule has 0 bridgehead atoms. The molecule has 0 radical (unpaired) electrons. The first-order chi connectivity index (χ1) is 22.7. The van der Waals surface area contributed by atoms with Crippen LogP contribution in [0, 0.1) is 11.3 Å². The highest BCUT2D eigenvalue weighted by Gasteiger charge is 2.24. The first-order valence-corrected chi connectivity index (χ1v) is 16.4. The highest BCUT2D eigenvalue weighted by Crippen LogP contribution is 2.41. The fourth-order valence-electron chi connectivity index (χ4n) is 6.36. The minimum atomic E-state index is 0.190. The Labute approximate surface area is 276 Å². The lowest BCUT2D eigenvalue weighted by atomic mass is 9.87. The van der Waals surface area contributed by atoms with Gasteiger partial charge in [0.1, 0.15) is 11.3 Å².